The Morgan fingerprint density at radius 1 is 1.13 bits per heavy atom. The summed E-state index contributed by atoms with van der Waals surface area (Å²) in [7, 11) is 0. The molecular weight excluding hydrogens is 404 g/mol. The van der Waals surface area contributed by atoms with Crippen molar-refractivity contribution in [3.63, 3.8) is 0 Å². The summed E-state index contributed by atoms with van der Waals surface area (Å²) in [5, 5.41) is 4.70. The fourth-order valence-electron chi connectivity index (χ4n) is 4.34. The van der Waals surface area contributed by atoms with Gasteiger partial charge in [0.1, 0.15) is 17.0 Å². The molecule has 0 atom stereocenters. The maximum Gasteiger partial charge on any atom is 0.147 e. The molecule has 1 aliphatic rings. The number of thiophene rings is 1. The average Bonchev–Trinajstić information content (AvgIpc) is 3.11. The summed E-state index contributed by atoms with van der Waals surface area (Å²) >= 11 is 1.70. The third-order valence-corrected chi connectivity index (χ3v) is 6.90. The van der Waals surface area contributed by atoms with Crippen LogP contribution >= 0.6 is 11.3 Å². The zero-order valence-electron chi connectivity index (χ0n) is 18.5. The molecule has 0 fully saturated rings. The lowest BCUT2D eigenvalue weighted by atomic mass is 9.88. The Kier molecular flexibility index (Phi) is 5.15. The molecule has 0 radical (unpaired) electrons. The molecule has 1 aliphatic heterocycles. The van der Waals surface area contributed by atoms with Crippen molar-refractivity contribution in [1.29, 1.82) is 0 Å². The first-order valence-electron chi connectivity index (χ1n) is 10.9. The first-order valence-corrected chi connectivity index (χ1v) is 11.7. The molecule has 160 valence electrons. The summed E-state index contributed by atoms with van der Waals surface area (Å²) in [6, 6.07) is 10.4. The molecule has 0 saturated carbocycles. The molecule has 0 unspecified atom stereocenters. The summed E-state index contributed by atoms with van der Waals surface area (Å²) in [4.78, 5) is 15.5. The molecule has 0 bridgehead atoms. The van der Waals surface area contributed by atoms with Crippen LogP contribution in [0, 0.1) is 5.92 Å². The van der Waals surface area contributed by atoms with E-state index in [9.17, 15) is 0 Å². The van der Waals surface area contributed by atoms with E-state index in [0.29, 0.717) is 12.5 Å². The lowest BCUT2D eigenvalue weighted by molar-refractivity contribution is -0.0402. The molecule has 0 aliphatic carbocycles. The minimum Gasteiger partial charge on any atom is -0.370 e. The first kappa shape index (κ1) is 20.3. The minimum atomic E-state index is -0.188. The van der Waals surface area contributed by atoms with E-state index in [0.717, 1.165) is 40.3 Å². The zero-order chi connectivity index (χ0) is 21.6. The number of rotatable bonds is 5. The Morgan fingerprint density at radius 2 is 1.94 bits per heavy atom. The summed E-state index contributed by atoms with van der Waals surface area (Å²) in [6.07, 6.45) is 3.50. The lowest BCUT2D eigenvalue weighted by Crippen LogP contribution is -2.33. The lowest BCUT2D eigenvalue weighted by Gasteiger charge is -2.33. The fraction of sp³-hybridized carbons (Fsp3) is 0.400. The van der Waals surface area contributed by atoms with Gasteiger partial charge in [-0.3, -0.25) is 0 Å². The smallest absolute Gasteiger partial charge is 0.147 e. The van der Waals surface area contributed by atoms with Gasteiger partial charge in [-0.1, -0.05) is 44.2 Å². The van der Waals surface area contributed by atoms with Gasteiger partial charge in [0, 0.05) is 29.6 Å². The van der Waals surface area contributed by atoms with Gasteiger partial charge in [0.2, 0.25) is 0 Å². The number of nitrogens with zero attached hydrogens (tertiary/aromatic N) is 3. The van der Waals surface area contributed by atoms with Crippen molar-refractivity contribution < 1.29 is 4.74 Å². The third kappa shape index (κ3) is 3.90. The van der Waals surface area contributed by atoms with Gasteiger partial charge in [-0.25, -0.2) is 15.0 Å². The molecular formula is C25H28N4OS. The third-order valence-electron chi connectivity index (χ3n) is 5.82. The average molecular weight is 433 g/mol. The van der Waals surface area contributed by atoms with Gasteiger partial charge in [0.25, 0.3) is 0 Å². The molecule has 1 aromatic carbocycles. The monoisotopic (exact) mass is 432 g/mol. The van der Waals surface area contributed by atoms with E-state index in [4.69, 9.17) is 14.7 Å². The number of hydrogen-bond donors (Lipinski definition) is 1. The van der Waals surface area contributed by atoms with Crippen LogP contribution in [0.5, 0.6) is 0 Å². The van der Waals surface area contributed by atoms with Crippen LogP contribution in [0.4, 0.5) is 5.82 Å². The second kappa shape index (κ2) is 7.84. The second-order valence-corrected chi connectivity index (χ2v) is 10.4. The molecule has 31 heavy (non-hydrogen) atoms. The maximum atomic E-state index is 6.18. The van der Waals surface area contributed by atoms with E-state index in [2.05, 4.69) is 62.3 Å². The fourth-order valence-corrected chi connectivity index (χ4v) is 5.48. The van der Waals surface area contributed by atoms with Crippen molar-refractivity contribution in [2.45, 2.75) is 59.3 Å². The van der Waals surface area contributed by atoms with Crippen LogP contribution < -0.4 is 5.32 Å². The Labute approximate surface area is 186 Å². The largest absolute Gasteiger partial charge is 0.370 e. The number of anilines is 1. The van der Waals surface area contributed by atoms with E-state index < -0.39 is 0 Å². The highest BCUT2D eigenvalue weighted by Crippen LogP contribution is 2.42. The maximum absolute atomic E-state index is 6.18. The van der Waals surface area contributed by atoms with E-state index >= 15 is 0 Å². The summed E-state index contributed by atoms with van der Waals surface area (Å²) in [6.45, 7) is 10.2. The van der Waals surface area contributed by atoms with Gasteiger partial charge < -0.3 is 10.1 Å². The number of hydrogen-bond acceptors (Lipinski definition) is 6. The molecule has 4 aromatic rings. The topological polar surface area (TPSA) is 59.9 Å². The quantitative estimate of drug-likeness (QED) is 0.425. The van der Waals surface area contributed by atoms with Crippen LogP contribution in [-0.2, 0) is 30.7 Å². The molecule has 4 heterocycles. The van der Waals surface area contributed by atoms with Gasteiger partial charge in [0.05, 0.1) is 22.4 Å². The molecule has 1 N–H and O–H groups in total. The highest BCUT2D eigenvalue weighted by molar-refractivity contribution is 7.26. The normalized spacial score (nSPS) is 15.5. The zero-order valence-corrected chi connectivity index (χ0v) is 19.3. The Morgan fingerprint density at radius 3 is 2.71 bits per heavy atom. The number of aromatic nitrogens is 3. The number of pyridine rings is 1. The molecule has 5 rings (SSSR count). The SMILES string of the molecule is CC(C)Cc1nc2sc3c(NCc4ccccc4)ncnc3c2c2c1COC(C)(C)C2. The molecule has 0 saturated heterocycles. The predicted octanol–water partition coefficient (Wildman–Crippen LogP) is 5.90. The molecule has 3 aromatic heterocycles. The van der Waals surface area contributed by atoms with Crippen LogP contribution in [0.3, 0.4) is 0 Å². The van der Waals surface area contributed by atoms with Crippen LogP contribution in [0.15, 0.2) is 36.7 Å². The van der Waals surface area contributed by atoms with Gasteiger partial charge in [-0.2, -0.15) is 0 Å². The van der Waals surface area contributed by atoms with E-state index in [1.165, 1.54) is 27.8 Å². The number of ether oxygens (including phenoxy) is 1. The number of fused-ring (bicyclic) bond motifs is 5. The molecule has 6 heteroatoms. The van der Waals surface area contributed by atoms with Crippen molar-refractivity contribution in [1.82, 2.24) is 15.0 Å². The van der Waals surface area contributed by atoms with Gasteiger partial charge in [0.15, 0.2) is 0 Å². The Balaban J connectivity index is 1.65. The molecule has 5 nitrogen and oxygen atoms in total. The van der Waals surface area contributed by atoms with E-state index in [1.807, 2.05) is 6.07 Å². The van der Waals surface area contributed by atoms with Crippen molar-refractivity contribution >= 4 is 37.6 Å². The number of benzene rings is 1. The van der Waals surface area contributed by atoms with Gasteiger partial charge >= 0.3 is 0 Å². The van der Waals surface area contributed by atoms with Gasteiger partial charge in [-0.15, -0.1) is 11.3 Å². The van der Waals surface area contributed by atoms with Crippen LogP contribution in [0.1, 0.15) is 50.1 Å². The summed E-state index contributed by atoms with van der Waals surface area (Å²) < 4.78 is 7.26. The predicted molar refractivity (Wildman–Crippen MR) is 128 cm³/mol. The standard InChI is InChI=1S/C25H28N4OS/c1-15(2)10-19-18-13-30-25(3,4)11-17(18)20-21-22(31-24(20)29-19)23(28-14-27-21)26-12-16-8-6-5-7-9-16/h5-9,14-15H,10-13H2,1-4H3,(H,26,27,28). The van der Waals surface area contributed by atoms with E-state index in [-0.39, 0.29) is 5.60 Å². The molecule has 0 amide bonds. The minimum absolute atomic E-state index is 0.188. The van der Waals surface area contributed by atoms with Crippen LogP contribution in [0.25, 0.3) is 20.4 Å². The van der Waals surface area contributed by atoms with Gasteiger partial charge in [-0.05, 0) is 37.3 Å². The Hall–Kier alpha value is -2.57. The van der Waals surface area contributed by atoms with Crippen LogP contribution in [0.2, 0.25) is 0 Å². The highest BCUT2D eigenvalue weighted by atomic mass is 32.1. The highest BCUT2D eigenvalue weighted by Gasteiger charge is 2.31. The molecule has 0 spiro atoms. The van der Waals surface area contributed by atoms with Crippen molar-refractivity contribution in [3.05, 3.63) is 59.0 Å². The Bertz CT molecular complexity index is 1250. The van der Waals surface area contributed by atoms with Crippen molar-refractivity contribution in [3.8, 4) is 0 Å². The second-order valence-electron chi connectivity index (χ2n) is 9.36. The van der Waals surface area contributed by atoms with Crippen molar-refractivity contribution in [2.24, 2.45) is 5.92 Å². The van der Waals surface area contributed by atoms with Crippen LogP contribution in [-0.4, -0.2) is 20.6 Å². The van der Waals surface area contributed by atoms with Crippen molar-refractivity contribution in [2.75, 3.05) is 5.32 Å². The summed E-state index contributed by atoms with van der Waals surface area (Å²) in [5.41, 5.74) is 5.83. The van der Waals surface area contributed by atoms with E-state index in [1.54, 1.807) is 17.7 Å². The number of nitrogens with one attached hydrogen (secondary N) is 1. The first-order chi connectivity index (χ1) is 14.9. The summed E-state index contributed by atoms with van der Waals surface area (Å²) in [5.74, 6) is 1.42.